The highest BCUT2D eigenvalue weighted by Gasteiger charge is 2.41. The molecule has 2 N–H and O–H groups in total. The minimum absolute atomic E-state index is 0.0660. The van der Waals surface area contributed by atoms with Crippen LogP contribution in [0.1, 0.15) is 50.3 Å². The molecule has 3 aromatic rings. The maximum atomic E-state index is 15.3. The number of hydrogen-bond acceptors (Lipinski definition) is 6. The third-order valence-electron chi connectivity index (χ3n) is 6.61. The van der Waals surface area contributed by atoms with Gasteiger partial charge in [0.25, 0.3) is 5.91 Å². The zero-order valence-corrected chi connectivity index (χ0v) is 20.4. The molecule has 3 heterocycles. The third-order valence-corrected chi connectivity index (χ3v) is 6.61. The highest BCUT2D eigenvalue weighted by Crippen LogP contribution is 2.40. The zero-order chi connectivity index (χ0) is 27.1. The van der Waals surface area contributed by atoms with Gasteiger partial charge in [-0.1, -0.05) is 6.07 Å². The van der Waals surface area contributed by atoms with Crippen LogP contribution in [-0.4, -0.2) is 48.7 Å². The monoisotopic (exact) mass is 535 g/mol. The van der Waals surface area contributed by atoms with E-state index in [1.54, 1.807) is 23.9 Å². The second kappa shape index (κ2) is 9.72. The summed E-state index contributed by atoms with van der Waals surface area (Å²) in [5.74, 6) is -0.753. The number of halogens is 4. The van der Waals surface area contributed by atoms with E-state index < -0.39 is 35.6 Å². The van der Waals surface area contributed by atoms with Crippen molar-refractivity contribution >= 4 is 17.2 Å². The number of carbonyl (C=O) groups is 1. The Balaban J connectivity index is 1.44. The van der Waals surface area contributed by atoms with Crippen LogP contribution in [0.15, 0.2) is 35.3 Å². The molecule has 2 aliphatic rings. The highest BCUT2D eigenvalue weighted by molar-refractivity contribution is 6.22. The maximum Gasteiger partial charge on any atom is 0.389 e. The van der Waals surface area contributed by atoms with Gasteiger partial charge in [-0.15, -0.1) is 0 Å². The van der Waals surface area contributed by atoms with E-state index in [9.17, 15) is 22.8 Å². The lowest BCUT2D eigenvalue weighted by Crippen LogP contribution is -2.49. The third kappa shape index (κ3) is 5.48. The van der Waals surface area contributed by atoms with Gasteiger partial charge >= 0.3 is 11.9 Å². The Morgan fingerprint density at radius 2 is 2.00 bits per heavy atom. The number of aromatic nitrogens is 6. The lowest BCUT2D eigenvalue weighted by atomic mass is 9.80. The molecule has 0 bridgehead atoms. The summed E-state index contributed by atoms with van der Waals surface area (Å²) in [6.45, 7) is 2.14. The Labute approximate surface area is 213 Å². The summed E-state index contributed by atoms with van der Waals surface area (Å²) < 4.78 is 60.2. The summed E-state index contributed by atoms with van der Waals surface area (Å²) >= 11 is 0. The second-order valence-corrected chi connectivity index (χ2v) is 9.78. The van der Waals surface area contributed by atoms with Crippen molar-refractivity contribution in [2.75, 3.05) is 6.61 Å². The average molecular weight is 536 g/mol. The normalized spacial score (nSPS) is 20.1. The predicted molar refractivity (Wildman–Crippen MR) is 126 cm³/mol. The van der Waals surface area contributed by atoms with Gasteiger partial charge in [0.1, 0.15) is 17.3 Å². The van der Waals surface area contributed by atoms with Crippen LogP contribution in [0.25, 0.3) is 11.3 Å². The second-order valence-electron chi connectivity index (χ2n) is 9.78. The first-order valence-corrected chi connectivity index (χ1v) is 12.1. The summed E-state index contributed by atoms with van der Waals surface area (Å²) in [4.78, 5) is 25.7. The number of amides is 1. The van der Waals surface area contributed by atoms with Crippen LogP contribution >= 0.6 is 0 Å². The van der Waals surface area contributed by atoms with Gasteiger partial charge in [-0.25, -0.2) is 14.3 Å². The quantitative estimate of drug-likeness (QED) is 0.321. The average Bonchev–Trinajstić information content (AvgIpc) is 3.35. The van der Waals surface area contributed by atoms with Gasteiger partial charge < -0.3 is 10.1 Å². The van der Waals surface area contributed by atoms with Crippen molar-refractivity contribution in [2.24, 2.45) is 5.92 Å². The van der Waals surface area contributed by atoms with E-state index in [2.05, 4.69) is 25.9 Å². The number of rotatable bonds is 9. The molecule has 14 heteroatoms. The van der Waals surface area contributed by atoms with Gasteiger partial charge in [0.05, 0.1) is 17.8 Å². The largest absolute Gasteiger partial charge is 0.493 e. The van der Waals surface area contributed by atoms with Crippen LogP contribution in [0.5, 0.6) is 5.75 Å². The highest BCUT2D eigenvalue weighted by atomic mass is 19.4. The lowest BCUT2D eigenvalue weighted by Gasteiger charge is -2.37. The van der Waals surface area contributed by atoms with E-state index in [-0.39, 0.29) is 36.5 Å². The van der Waals surface area contributed by atoms with E-state index >= 15 is 4.39 Å². The van der Waals surface area contributed by atoms with Crippen LogP contribution in [0.2, 0.25) is 0 Å². The first-order chi connectivity index (χ1) is 18.0. The van der Waals surface area contributed by atoms with Crippen molar-refractivity contribution in [3.8, 4) is 5.75 Å². The number of aromatic amines is 1. The number of ether oxygens (including phenoxy) is 1. The Morgan fingerprint density at radius 3 is 2.66 bits per heavy atom. The van der Waals surface area contributed by atoms with Crippen LogP contribution in [-0.2, 0) is 16.9 Å². The smallest absolute Gasteiger partial charge is 0.389 e. The molecule has 10 nitrogen and oxygen atoms in total. The summed E-state index contributed by atoms with van der Waals surface area (Å²) in [6.07, 6.45) is -1.44. The summed E-state index contributed by atoms with van der Waals surface area (Å²) in [7, 11) is 0. The van der Waals surface area contributed by atoms with Crippen molar-refractivity contribution in [3.63, 3.8) is 0 Å². The van der Waals surface area contributed by atoms with Gasteiger partial charge in [-0.05, 0) is 54.7 Å². The van der Waals surface area contributed by atoms with Crippen LogP contribution in [0.4, 0.5) is 17.6 Å². The van der Waals surface area contributed by atoms with E-state index in [1.807, 2.05) is 0 Å². The van der Waals surface area contributed by atoms with Crippen LogP contribution in [0.3, 0.4) is 0 Å². The fourth-order valence-corrected chi connectivity index (χ4v) is 4.56. The fourth-order valence-electron chi connectivity index (χ4n) is 4.56. The minimum atomic E-state index is -4.29. The summed E-state index contributed by atoms with van der Waals surface area (Å²) in [6, 6.07) is 5.67. The topological polar surface area (TPSA) is 120 Å². The molecule has 2 aromatic heterocycles. The number of hydrogen-bond donors (Lipinski definition) is 2. The molecule has 38 heavy (non-hydrogen) atoms. The SMILES string of the molecule is C[C@@]1(c2ccc(OCCCC(F)(F)F)cc2F)CC(c2ccn(CC3CC3)n2)=C(n2nn[nH]c2=O)C(=O)N1. The molecular formula is C24H25F4N7O3. The van der Waals surface area contributed by atoms with Gasteiger partial charge in [0, 0.05) is 42.8 Å². The molecule has 0 spiro atoms. The van der Waals surface area contributed by atoms with Crippen molar-refractivity contribution in [1.82, 2.24) is 35.3 Å². The molecule has 1 amide bonds. The molecule has 1 aliphatic heterocycles. The van der Waals surface area contributed by atoms with Crippen molar-refractivity contribution < 1.29 is 27.1 Å². The van der Waals surface area contributed by atoms with E-state index in [0.29, 0.717) is 17.2 Å². The predicted octanol–water partition coefficient (Wildman–Crippen LogP) is 3.24. The summed E-state index contributed by atoms with van der Waals surface area (Å²) in [5, 5.41) is 16.7. The Hall–Kier alpha value is -3.97. The molecule has 1 aliphatic carbocycles. The van der Waals surface area contributed by atoms with Gasteiger partial charge in [0.15, 0.2) is 0 Å². The van der Waals surface area contributed by atoms with E-state index in [4.69, 9.17) is 4.74 Å². The van der Waals surface area contributed by atoms with Crippen molar-refractivity contribution in [1.29, 1.82) is 0 Å². The van der Waals surface area contributed by atoms with Crippen LogP contribution < -0.4 is 15.7 Å². The maximum absolute atomic E-state index is 15.3. The number of nitrogens with zero attached hydrogens (tertiary/aromatic N) is 5. The summed E-state index contributed by atoms with van der Waals surface area (Å²) in [5.41, 5.74) is -1.07. The molecule has 1 atom stereocenters. The number of alkyl halides is 3. The zero-order valence-electron chi connectivity index (χ0n) is 20.4. The molecule has 1 saturated carbocycles. The number of nitrogens with one attached hydrogen (secondary N) is 2. The number of benzene rings is 1. The minimum Gasteiger partial charge on any atom is -0.493 e. The molecule has 0 saturated heterocycles. The Morgan fingerprint density at radius 1 is 1.21 bits per heavy atom. The molecule has 0 radical (unpaired) electrons. The Kier molecular flexibility index (Phi) is 6.57. The van der Waals surface area contributed by atoms with E-state index in [0.717, 1.165) is 30.1 Å². The van der Waals surface area contributed by atoms with Crippen molar-refractivity contribution in [2.45, 2.75) is 57.3 Å². The van der Waals surface area contributed by atoms with Crippen molar-refractivity contribution in [3.05, 3.63) is 58.0 Å². The first-order valence-electron chi connectivity index (χ1n) is 12.1. The standard InChI is InChI=1S/C24H25F4N7O3/c1-23(17-6-5-15(11-18(17)25)38-10-2-8-24(26,27)28)12-16(19-7-9-34(31-19)13-14-3-4-14)20(21(36)29-23)35-22(37)30-32-33-35/h5-7,9,11,14H,2-4,8,10,12-13H2,1H3,(H,29,36)(H,30,33,37)/t23-/m0/s1. The molecule has 0 unspecified atom stereocenters. The molecule has 1 aromatic carbocycles. The Bertz CT molecular complexity index is 1440. The van der Waals surface area contributed by atoms with Crippen LogP contribution in [0, 0.1) is 11.7 Å². The molecule has 202 valence electrons. The number of carbonyl (C=O) groups excluding carboxylic acids is 1. The molecule has 1 fully saturated rings. The van der Waals surface area contributed by atoms with Gasteiger partial charge in [-0.3, -0.25) is 9.48 Å². The van der Waals surface area contributed by atoms with Gasteiger partial charge in [0.2, 0.25) is 0 Å². The van der Waals surface area contributed by atoms with E-state index in [1.165, 1.54) is 12.1 Å². The fraction of sp³-hybridized carbons (Fsp3) is 0.458. The lowest BCUT2D eigenvalue weighted by molar-refractivity contribution is -0.136. The number of H-pyrrole nitrogens is 1. The molecule has 5 rings (SSSR count). The van der Waals surface area contributed by atoms with Gasteiger partial charge in [-0.2, -0.15) is 23.0 Å². The first kappa shape index (κ1) is 25.7. The molecular weight excluding hydrogens is 510 g/mol. The number of tetrazole rings is 1.